The van der Waals surface area contributed by atoms with Gasteiger partial charge in [0.2, 0.25) is 0 Å². The highest BCUT2D eigenvalue weighted by molar-refractivity contribution is 7.86. The molecule has 0 spiro atoms. The first-order chi connectivity index (χ1) is 8.62. The molecule has 0 aromatic carbocycles. The minimum atomic E-state index is -3.78. The molecular formula is C10H20N2O6S. The van der Waals surface area contributed by atoms with Gasteiger partial charge in [-0.2, -0.15) is 17.0 Å². The number of ether oxygens (including phenoxy) is 1. The molecule has 0 bridgehead atoms. The SMILES string of the molecule is COC(=O)CCN(C)S(=O)(=O)N(C)CC(C)C(=O)O. The van der Waals surface area contributed by atoms with Crippen LogP contribution >= 0.6 is 0 Å². The lowest BCUT2D eigenvalue weighted by Crippen LogP contribution is -2.43. The second kappa shape index (κ2) is 7.41. The lowest BCUT2D eigenvalue weighted by molar-refractivity contribution is -0.141. The lowest BCUT2D eigenvalue weighted by Gasteiger charge is -2.25. The standard InChI is InChI=1S/C10H20N2O6S/c1-8(10(14)15)7-12(3)19(16,17)11(2)6-5-9(13)18-4/h8H,5-7H2,1-4H3,(H,14,15). The van der Waals surface area contributed by atoms with Crippen LogP contribution in [-0.2, 0) is 24.5 Å². The summed E-state index contributed by atoms with van der Waals surface area (Å²) in [6.45, 7) is 1.25. The summed E-state index contributed by atoms with van der Waals surface area (Å²) < 4.78 is 30.3. The zero-order valence-electron chi connectivity index (χ0n) is 11.5. The average molecular weight is 296 g/mol. The smallest absolute Gasteiger partial charge is 0.307 e. The van der Waals surface area contributed by atoms with Crippen LogP contribution in [-0.4, -0.2) is 68.4 Å². The number of nitrogens with zero attached hydrogens (tertiary/aromatic N) is 2. The van der Waals surface area contributed by atoms with Gasteiger partial charge in [-0.3, -0.25) is 9.59 Å². The van der Waals surface area contributed by atoms with E-state index >= 15 is 0 Å². The molecule has 0 aliphatic heterocycles. The molecule has 0 heterocycles. The summed E-state index contributed by atoms with van der Waals surface area (Å²) in [4.78, 5) is 21.6. The van der Waals surface area contributed by atoms with Gasteiger partial charge < -0.3 is 9.84 Å². The third-order valence-electron chi connectivity index (χ3n) is 2.60. The molecule has 0 saturated carbocycles. The summed E-state index contributed by atoms with van der Waals surface area (Å²) in [5.41, 5.74) is 0. The van der Waals surface area contributed by atoms with Crippen molar-refractivity contribution >= 4 is 22.1 Å². The topological polar surface area (TPSA) is 104 Å². The molecule has 19 heavy (non-hydrogen) atoms. The van der Waals surface area contributed by atoms with Crippen LogP contribution in [0, 0.1) is 5.92 Å². The van der Waals surface area contributed by atoms with E-state index in [2.05, 4.69) is 4.74 Å². The molecule has 0 fully saturated rings. The molecule has 112 valence electrons. The van der Waals surface area contributed by atoms with Gasteiger partial charge >= 0.3 is 11.9 Å². The number of rotatable bonds is 8. The van der Waals surface area contributed by atoms with Gasteiger partial charge in [0.1, 0.15) is 0 Å². The number of carboxylic acid groups (broad SMARTS) is 1. The van der Waals surface area contributed by atoms with Crippen LogP contribution in [0.4, 0.5) is 0 Å². The number of esters is 1. The molecule has 1 N–H and O–H groups in total. The molecule has 9 heteroatoms. The van der Waals surface area contributed by atoms with E-state index in [9.17, 15) is 18.0 Å². The maximum absolute atomic E-state index is 12.0. The lowest BCUT2D eigenvalue weighted by atomic mass is 10.2. The highest BCUT2D eigenvalue weighted by Gasteiger charge is 2.27. The van der Waals surface area contributed by atoms with Crippen LogP contribution < -0.4 is 0 Å². The number of carboxylic acids is 1. The van der Waals surface area contributed by atoms with Crippen molar-refractivity contribution in [2.24, 2.45) is 5.92 Å². The van der Waals surface area contributed by atoms with Crippen molar-refractivity contribution in [3.63, 3.8) is 0 Å². The predicted octanol–water partition coefficient (Wildman–Crippen LogP) is -0.621. The summed E-state index contributed by atoms with van der Waals surface area (Å²) in [5, 5.41) is 8.75. The molecule has 1 atom stereocenters. The fourth-order valence-corrected chi connectivity index (χ4v) is 2.47. The minimum absolute atomic E-state index is 0.0270. The van der Waals surface area contributed by atoms with Gasteiger partial charge in [0, 0.05) is 27.2 Å². The number of carbonyl (C=O) groups is 2. The number of carbonyl (C=O) groups excluding carboxylic acids is 1. The van der Waals surface area contributed by atoms with Crippen LogP contribution in [0.1, 0.15) is 13.3 Å². The molecule has 0 radical (unpaired) electrons. The summed E-state index contributed by atoms with van der Waals surface area (Å²) in [5.74, 6) is -2.39. The van der Waals surface area contributed by atoms with Crippen LogP contribution in [0.25, 0.3) is 0 Å². The maximum Gasteiger partial charge on any atom is 0.307 e. The van der Waals surface area contributed by atoms with Crippen LogP contribution in [0.3, 0.4) is 0 Å². The molecule has 1 unspecified atom stereocenters. The predicted molar refractivity (Wildman–Crippen MR) is 67.6 cm³/mol. The number of aliphatic carboxylic acids is 1. The van der Waals surface area contributed by atoms with Crippen molar-refractivity contribution in [2.45, 2.75) is 13.3 Å². The van der Waals surface area contributed by atoms with E-state index in [0.717, 1.165) is 8.61 Å². The van der Waals surface area contributed by atoms with Crippen LogP contribution in [0.15, 0.2) is 0 Å². The summed E-state index contributed by atoms with van der Waals surface area (Å²) in [7, 11) is 0.0585. The largest absolute Gasteiger partial charge is 0.481 e. The normalized spacial score (nSPS) is 13.6. The molecule has 0 aliphatic carbocycles. The highest BCUT2D eigenvalue weighted by atomic mass is 32.2. The minimum Gasteiger partial charge on any atom is -0.481 e. The van der Waals surface area contributed by atoms with E-state index in [1.807, 2.05) is 0 Å². The highest BCUT2D eigenvalue weighted by Crippen LogP contribution is 2.08. The van der Waals surface area contributed by atoms with Crippen molar-refractivity contribution in [3.8, 4) is 0 Å². The second-order valence-electron chi connectivity index (χ2n) is 4.18. The quantitative estimate of drug-likeness (QED) is 0.599. The van der Waals surface area contributed by atoms with Gasteiger partial charge in [-0.05, 0) is 0 Å². The van der Waals surface area contributed by atoms with E-state index in [1.54, 1.807) is 0 Å². The van der Waals surface area contributed by atoms with Crippen LogP contribution in [0.2, 0.25) is 0 Å². The van der Waals surface area contributed by atoms with Gasteiger partial charge in [-0.15, -0.1) is 0 Å². The fourth-order valence-electron chi connectivity index (χ4n) is 1.26. The summed E-state index contributed by atoms with van der Waals surface area (Å²) in [6.07, 6.45) is -0.0610. The Morgan fingerprint density at radius 1 is 1.26 bits per heavy atom. The van der Waals surface area contributed by atoms with Crippen LogP contribution in [0.5, 0.6) is 0 Å². The summed E-state index contributed by atoms with van der Waals surface area (Å²) >= 11 is 0. The number of hydrogen-bond acceptors (Lipinski definition) is 5. The van der Waals surface area contributed by atoms with E-state index < -0.39 is 28.1 Å². The molecular weight excluding hydrogens is 276 g/mol. The van der Waals surface area contributed by atoms with E-state index in [1.165, 1.54) is 28.1 Å². The Hall–Kier alpha value is -1.19. The average Bonchev–Trinajstić information content (AvgIpc) is 2.34. The van der Waals surface area contributed by atoms with E-state index in [4.69, 9.17) is 5.11 Å². The van der Waals surface area contributed by atoms with E-state index in [0.29, 0.717) is 0 Å². The summed E-state index contributed by atoms with van der Waals surface area (Å²) in [6, 6.07) is 0. The maximum atomic E-state index is 12.0. The Bertz CT molecular complexity index is 422. The van der Waals surface area contributed by atoms with Gasteiger partial charge in [-0.25, -0.2) is 0 Å². The first kappa shape index (κ1) is 17.8. The molecule has 0 amide bonds. The van der Waals surface area contributed by atoms with Gasteiger partial charge in [0.05, 0.1) is 19.4 Å². The zero-order valence-corrected chi connectivity index (χ0v) is 12.3. The Labute approximate surface area is 113 Å². The Morgan fingerprint density at radius 3 is 2.21 bits per heavy atom. The van der Waals surface area contributed by atoms with Crippen molar-refractivity contribution in [1.82, 2.24) is 8.61 Å². The monoisotopic (exact) mass is 296 g/mol. The zero-order chi connectivity index (χ0) is 15.2. The fraction of sp³-hybridized carbons (Fsp3) is 0.800. The molecule has 0 aromatic heterocycles. The number of methoxy groups -OCH3 is 1. The van der Waals surface area contributed by atoms with Crippen molar-refractivity contribution in [3.05, 3.63) is 0 Å². The van der Waals surface area contributed by atoms with Crippen molar-refractivity contribution < 1.29 is 27.9 Å². The Balaban J connectivity index is 4.59. The molecule has 0 aliphatic rings. The molecule has 0 rings (SSSR count). The first-order valence-corrected chi connectivity index (χ1v) is 6.99. The third-order valence-corrected chi connectivity index (χ3v) is 4.51. The second-order valence-corrected chi connectivity index (χ2v) is 6.32. The molecule has 0 saturated heterocycles. The van der Waals surface area contributed by atoms with Crippen molar-refractivity contribution in [1.29, 1.82) is 0 Å². The Morgan fingerprint density at radius 2 is 1.79 bits per heavy atom. The van der Waals surface area contributed by atoms with E-state index in [-0.39, 0.29) is 19.5 Å². The number of hydrogen-bond donors (Lipinski definition) is 1. The third kappa shape index (κ3) is 5.53. The Kier molecular flexibility index (Phi) is 6.95. The first-order valence-electron chi connectivity index (χ1n) is 5.60. The van der Waals surface area contributed by atoms with Gasteiger partial charge in [0.15, 0.2) is 0 Å². The van der Waals surface area contributed by atoms with Gasteiger partial charge in [-0.1, -0.05) is 6.92 Å². The molecule has 8 nitrogen and oxygen atoms in total. The van der Waals surface area contributed by atoms with Crippen molar-refractivity contribution in [2.75, 3.05) is 34.3 Å². The molecule has 0 aromatic rings. The van der Waals surface area contributed by atoms with Gasteiger partial charge in [0.25, 0.3) is 10.2 Å².